The Hall–Kier alpha value is -1.87. The Bertz CT molecular complexity index is 656. The Balaban J connectivity index is 1.86. The second kappa shape index (κ2) is 5.86. The van der Waals surface area contributed by atoms with Gasteiger partial charge in [0, 0.05) is 23.2 Å². The topological polar surface area (TPSA) is 20.3 Å². The number of benzene rings is 2. The normalized spacial score (nSPS) is 18.3. The lowest BCUT2D eigenvalue weighted by Crippen LogP contribution is -2.34. The quantitative estimate of drug-likeness (QED) is 0.831. The molecule has 0 bridgehead atoms. The molecule has 1 unspecified atom stereocenters. The number of hydrogen-bond donors (Lipinski definition) is 0. The fourth-order valence-electron chi connectivity index (χ4n) is 2.81. The van der Waals surface area contributed by atoms with Crippen LogP contribution in [0.5, 0.6) is 0 Å². The monoisotopic (exact) mass is 303 g/mol. The van der Waals surface area contributed by atoms with Crippen molar-refractivity contribution in [3.63, 3.8) is 0 Å². The lowest BCUT2D eigenvalue weighted by atomic mass is 10.0. The van der Waals surface area contributed by atoms with Crippen LogP contribution in [0.25, 0.3) is 0 Å². The summed E-state index contributed by atoms with van der Waals surface area (Å²) in [7, 11) is 0. The summed E-state index contributed by atoms with van der Waals surface area (Å²) in [5, 5.41) is 0.718. The summed E-state index contributed by atoms with van der Waals surface area (Å²) in [6.45, 7) is 0. The third-order valence-electron chi connectivity index (χ3n) is 3.84. The van der Waals surface area contributed by atoms with Crippen LogP contribution in [-0.2, 0) is 11.2 Å². The molecule has 0 spiro atoms. The first-order chi connectivity index (χ1) is 10.1. The average Bonchev–Trinajstić information content (AvgIpc) is 2.83. The molecule has 0 aliphatic carbocycles. The molecule has 0 radical (unpaired) electrons. The van der Waals surface area contributed by atoms with E-state index in [1.807, 2.05) is 24.3 Å². The van der Waals surface area contributed by atoms with E-state index in [1.54, 1.807) is 17.0 Å². The summed E-state index contributed by atoms with van der Waals surface area (Å²) in [6, 6.07) is 13.8. The highest BCUT2D eigenvalue weighted by Crippen LogP contribution is 2.30. The minimum Gasteiger partial charge on any atom is -0.309 e. The van der Waals surface area contributed by atoms with E-state index in [9.17, 15) is 9.18 Å². The molecule has 4 heteroatoms. The maximum absolute atomic E-state index is 13.0. The van der Waals surface area contributed by atoms with Crippen molar-refractivity contribution in [3.05, 3.63) is 64.9 Å². The molecule has 1 heterocycles. The summed E-state index contributed by atoms with van der Waals surface area (Å²) in [6.07, 6.45) is 2.02. The fraction of sp³-hybridized carbons (Fsp3) is 0.235. The Morgan fingerprint density at radius 1 is 1.14 bits per heavy atom. The van der Waals surface area contributed by atoms with Gasteiger partial charge in [0.15, 0.2) is 0 Å². The van der Waals surface area contributed by atoms with Gasteiger partial charge in [-0.15, -0.1) is 0 Å². The van der Waals surface area contributed by atoms with E-state index in [0.29, 0.717) is 12.8 Å². The van der Waals surface area contributed by atoms with Crippen molar-refractivity contribution in [2.45, 2.75) is 25.3 Å². The molecule has 1 aliphatic heterocycles. The second-order valence-corrected chi connectivity index (χ2v) is 5.64. The standard InChI is InChI=1S/C17H15ClFNO/c18-16-4-2-1-3-12(16)11-15-9-10-17(21)20(15)14-7-5-13(19)6-8-14/h1-8,15H,9-11H2. The number of amides is 1. The molecule has 0 saturated carbocycles. The third-order valence-corrected chi connectivity index (χ3v) is 4.21. The number of rotatable bonds is 3. The number of nitrogens with zero attached hydrogens (tertiary/aromatic N) is 1. The molecule has 2 nitrogen and oxygen atoms in total. The maximum atomic E-state index is 13.0. The zero-order valence-electron chi connectivity index (χ0n) is 11.4. The molecule has 21 heavy (non-hydrogen) atoms. The molecule has 0 aromatic heterocycles. The number of anilines is 1. The van der Waals surface area contributed by atoms with Crippen LogP contribution in [0, 0.1) is 5.82 Å². The van der Waals surface area contributed by atoms with Crippen LogP contribution >= 0.6 is 11.6 Å². The number of halogens is 2. The molecule has 1 fully saturated rings. The predicted octanol–water partition coefficient (Wildman–Crippen LogP) is 4.22. The van der Waals surface area contributed by atoms with Crippen molar-refractivity contribution >= 4 is 23.2 Å². The molecular formula is C17H15ClFNO. The van der Waals surface area contributed by atoms with Gasteiger partial charge in [0.2, 0.25) is 5.91 Å². The Labute approximate surface area is 128 Å². The Morgan fingerprint density at radius 2 is 1.86 bits per heavy atom. The molecule has 1 atom stereocenters. The highest BCUT2D eigenvalue weighted by Gasteiger charge is 2.32. The van der Waals surface area contributed by atoms with Gasteiger partial charge in [-0.1, -0.05) is 29.8 Å². The van der Waals surface area contributed by atoms with Crippen LogP contribution in [0.2, 0.25) is 5.02 Å². The molecule has 108 valence electrons. The van der Waals surface area contributed by atoms with Gasteiger partial charge in [0.05, 0.1) is 0 Å². The molecule has 0 N–H and O–H groups in total. The summed E-state index contributed by atoms with van der Waals surface area (Å²) >= 11 is 6.20. The lowest BCUT2D eigenvalue weighted by molar-refractivity contribution is -0.117. The van der Waals surface area contributed by atoms with Crippen LogP contribution in [0.4, 0.5) is 10.1 Å². The maximum Gasteiger partial charge on any atom is 0.227 e. The molecule has 1 amide bonds. The van der Waals surface area contributed by atoms with E-state index in [2.05, 4.69) is 0 Å². The summed E-state index contributed by atoms with van der Waals surface area (Å²) in [4.78, 5) is 13.9. The van der Waals surface area contributed by atoms with Crippen LogP contribution in [0.15, 0.2) is 48.5 Å². The van der Waals surface area contributed by atoms with Crippen molar-refractivity contribution in [3.8, 4) is 0 Å². The zero-order chi connectivity index (χ0) is 14.8. The summed E-state index contributed by atoms with van der Waals surface area (Å²) in [5.41, 5.74) is 1.78. The van der Waals surface area contributed by atoms with Gasteiger partial charge < -0.3 is 4.90 Å². The fourth-order valence-corrected chi connectivity index (χ4v) is 3.02. The highest BCUT2D eigenvalue weighted by atomic mass is 35.5. The highest BCUT2D eigenvalue weighted by molar-refractivity contribution is 6.31. The van der Waals surface area contributed by atoms with Crippen LogP contribution in [0.3, 0.4) is 0 Å². The lowest BCUT2D eigenvalue weighted by Gasteiger charge is -2.25. The SMILES string of the molecule is O=C1CCC(Cc2ccccc2Cl)N1c1ccc(F)cc1. The van der Waals surface area contributed by atoms with E-state index in [4.69, 9.17) is 11.6 Å². The molecule has 2 aromatic rings. The van der Waals surface area contributed by atoms with Crippen LogP contribution in [0.1, 0.15) is 18.4 Å². The second-order valence-electron chi connectivity index (χ2n) is 5.23. The molecular weight excluding hydrogens is 289 g/mol. The van der Waals surface area contributed by atoms with E-state index in [-0.39, 0.29) is 17.8 Å². The largest absolute Gasteiger partial charge is 0.309 e. The van der Waals surface area contributed by atoms with Gasteiger partial charge in [-0.3, -0.25) is 4.79 Å². The van der Waals surface area contributed by atoms with Gasteiger partial charge >= 0.3 is 0 Å². The minimum absolute atomic E-state index is 0.0721. The Morgan fingerprint density at radius 3 is 2.57 bits per heavy atom. The number of hydrogen-bond acceptors (Lipinski definition) is 1. The van der Waals surface area contributed by atoms with Gasteiger partial charge in [0.1, 0.15) is 5.82 Å². The zero-order valence-corrected chi connectivity index (χ0v) is 12.2. The van der Waals surface area contributed by atoms with Crippen molar-refractivity contribution in [1.82, 2.24) is 0 Å². The number of carbonyl (C=O) groups excluding carboxylic acids is 1. The first-order valence-corrected chi connectivity index (χ1v) is 7.34. The smallest absolute Gasteiger partial charge is 0.227 e. The van der Waals surface area contributed by atoms with E-state index in [0.717, 1.165) is 22.7 Å². The summed E-state index contributed by atoms with van der Waals surface area (Å²) in [5.74, 6) is -0.216. The van der Waals surface area contributed by atoms with Gasteiger partial charge in [-0.25, -0.2) is 4.39 Å². The van der Waals surface area contributed by atoms with Crippen molar-refractivity contribution in [2.75, 3.05) is 4.90 Å². The van der Waals surface area contributed by atoms with E-state index < -0.39 is 0 Å². The molecule has 1 saturated heterocycles. The van der Waals surface area contributed by atoms with E-state index in [1.165, 1.54) is 12.1 Å². The van der Waals surface area contributed by atoms with Crippen molar-refractivity contribution < 1.29 is 9.18 Å². The number of carbonyl (C=O) groups is 1. The molecule has 1 aliphatic rings. The first kappa shape index (κ1) is 14.1. The van der Waals surface area contributed by atoms with Gasteiger partial charge in [-0.2, -0.15) is 0 Å². The Kier molecular flexibility index (Phi) is 3.93. The van der Waals surface area contributed by atoms with Gasteiger partial charge in [0.25, 0.3) is 0 Å². The molecule has 3 rings (SSSR count). The third kappa shape index (κ3) is 2.93. The van der Waals surface area contributed by atoms with Crippen LogP contribution < -0.4 is 4.90 Å². The summed E-state index contributed by atoms with van der Waals surface area (Å²) < 4.78 is 13.0. The van der Waals surface area contributed by atoms with Gasteiger partial charge in [-0.05, 0) is 48.7 Å². The van der Waals surface area contributed by atoms with E-state index >= 15 is 0 Å². The predicted molar refractivity (Wildman–Crippen MR) is 82.1 cm³/mol. The average molecular weight is 304 g/mol. The molecule has 2 aromatic carbocycles. The first-order valence-electron chi connectivity index (χ1n) is 6.96. The van der Waals surface area contributed by atoms with Crippen molar-refractivity contribution in [2.24, 2.45) is 0 Å². The van der Waals surface area contributed by atoms with Crippen molar-refractivity contribution in [1.29, 1.82) is 0 Å². The van der Waals surface area contributed by atoms with Crippen LogP contribution in [-0.4, -0.2) is 11.9 Å². The minimum atomic E-state index is -0.298.